The third-order valence-corrected chi connectivity index (χ3v) is 7.40. The number of esters is 1. The van der Waals surface area contributed by atoms with Gasteiger partial charge in [0.25, 0.3) is 15.9 Å². The number of sulfonamides is 1. The minimum absolute atomic E-state index is 0.00125. The molecule has 0 aliphatic carbocycles. The van der Waals surface area contributed by atoms with Gasteiger partial charge < -0.3 is 9.47 Å². The van der Waals surface area contributed by atoms with E-state index >= 15 is 0 Å². The SMILES string of the molecule is CC(C)(C)OC(=O)COc1ccc(/C=N\NC(=O)CN(c2ccc(Cl)c(Cl)c2)S(=O)(=O)c2ccccc2)cc1. The Labute approximate surface area is 237 Å². The van der Waals surface area contributed by atoms with Crippen LogP contribution in [0.2, 0.25) is 10.0 Å². The van der Waals surface area contributed by atoms with Gasteiger partial charge in [0.15, 0.2) is 6.61 Å². The molecule has 3 aromatic rings. The van der Waals surface area contributed by atoms with E-state index in [1.165, 1.54) is 36.5 Å². The summed E-state index contributed by atoms with van der Waals surface area (Å²) in [7, 11) is -4.11. The van der Waals surface area contributed by atoms with Crippen molar-refractivity contribution in [2.24, 2.45) is 5.10 Å². The normalized spacial score (nSPS) is 11.7. The Morgan fingerprint density at radius 1 is 0.974 bits per heavy atom. The first-order valence-corrected chi connectivity index (χ1v) is 13.8. The highest BCUT2D eigenvalue weighted by Crippen LogP contribution is 2.30. The lowest BCUT2D eigenvalue weighted by Gasteiger charge is -2.24. The summed E-state index contributed by atoms with van der Waals surface area (Å²) in [5, 5.41) is 4.29. The Morgan fingerprint density at radius 3 is 2.26 bits per heavy atom. The number of carbonyl (C=O) groups excluding carboxylic acids is 2. The van der Waals surface area contributed by atoms with Crippen LogP contribution in [0.5, 0.6) is 5.75 Å². The average Bonchev–Trinajstić information content (AvgIpc) is 2.88. The van der Waals surface area contributed by atoms with Crippen LogP contribution in [0.15, 0.2) is 82.8 Å². The van der Waals surface area contributed by atoms with E-state index in [2.05, 4.69) is 10.5 Å². The number of amides is 1. The molecule has 0 saturated carbocycles. The number of hydrogen-bond acceptors (Lipinski definition) is 7. The smallest absolute Gasteiger partial charge is 0.344 e. The minimum atomic E-state index is -4.11. The van der Waals surface area contributed by atoms with E-state index in [0.29, 0.717) is 11.3 Å². The Morgan fingerprint density at radius 2 is 1.64 bits per heavy atom. The second-order valence-corrected chi connectivity index (χ2v) is 11.8. The van der Waals surface area contributed by atoms with Crippen LogP contribution < -0.4 is 14.5 Å². The molecule has 0 bridgehead atoms. The van der Waals surface area contributed by atoms with E-state index in [9.17, 15) is 18.0 Å². The van der Waals surface area contributed by atoms with Gasteiger partial charge in [-0.3, -0.25) is 9.10 Å². The molecular weight excluding hydrogens is 565 g/mol. The number of halogens is 2. The molecule has 206 valence electrons. The number of ether oxygens (including phenoxy) is 2. The highest BCUT2D eigenvalue weighted by Gasteiger charge is 2.27. The number of carbonyl (C=O) groups is 2. The number of nitrogens with zero attached hydrogens (tertiary/aromatic N) is 2. The van der Waals surface area contributed by atoms with Crippen molar-refractivity contribution in [1.82, 2.24) is 5.43 Å². The van der Waals surface area contributed by atoms with Crippen molar-refractivity contribution in [1.29, 1.82) is 0 Å². The largest absolute Gasteiger partial charge is 0.482 e. The van der Waals surface area contributed by atoms with E-state index in [4.69, 9.17) is 32.7 Å². The van der Waals surface area contributed by atoms with Crippen LogP contribution in [0.1, 0.15) is 26.3 Å². The van der Waals surface area contributed by atoms with Crippen LogP contribution in [0.25, 0.3) is 0 Å². The molecule has 0 unspecified atom stereocenters. The molecule has 0 saturated heterocycles. The topological polar surface area (TPSA) is 114 Å². The zero-order valence-corrected chi connectivity index (χ0v) is 23.8. The first-order chi connectivity index (χ1) is 18.3. The lowest BCUT2D eigenvalue weighted by atomic mass is 10.2. The second kappa shape index (κ2) is 13.0. The summed E-state index contributed by atoms with van der Waals surface area (Å²) < 4.78 is 38.2. The number of rotatable bonds is 10. The number of benzene rings is 3. The average molecular weight is 593 g/mol. The fourth-order valence-corrected chi connectivity index (χ4v) is 4.91. The van der Waals surface area contributed by atoms with Crippen molar-refractivity contribution in [3.8, 4) is 5.75 Å². The van der Waals surface area contributed by atoms with Crippen LogP contribution in [-0.4, -0.2) is 45.3 Å². The summed E-state index contributed by atoms with van der Waals surface area (Å²) in [5.74, 6) is -0.723. The van der Waals surface area contributed by atoms with Crippen molar-refractivity contribution in [3.63, 3.8) is 0 Å². The molecule has 0 fully saturated rings. The summed E-state index contributed by atoms with van der Waals surface area (Å²) in [5.41, 5.74) is 2.51. The van der Waals surface area contributed by atoms with Crippen LogP contribution in [0, 0.1) is 0 Å². The van der Waals surface area contributed by atoms with E-state index in [-0.39, 0.29) is 27.2 Å². The first kappa shape index (κ1) is 29.9. The molecule has 0 aliphatic rings. The van der Waals surface area contributed by atoms with Crippen molar-refractivity contribution >= 4 is 57.0 Å². The van der Waals surface area contributed by atoms with Crippen molar-refractivity contribution < 1.29 is 27.5 Å². The molecule has 0 radical (unpaired) electrons. The quantitative estimate of drug-likeness (QED) is 0.200. The highest BCUT2D eigenvalue weighted by atomic mass is 35.5. The van der Waals surface area contributed by atoms with Crippen LogP contribution >= 0.6 is 23.2 Å². The van der Waals surface area contributed by atoms with Gasteiger partial charge in [-0.15, -0.1) is 0 Å². The van der Waals surface area contributed by atoms with Crippen molar-refractivity contribution in [3.05, 3.63) is 88.4 Å². The standard InChI is InChI=1S/C27H27Cl2N3O6S/c1-27(2,3)38-26(34)18-37-21-12-9-19(10-13-21)16-30-31-25(33)17-32(20-11-14-23(28)24(29)15-20)39(35,36)22-7-5-4-6-8-22/h4-16H,17-18H2,1-3H3,(H,31,33)/b30-16-. The number of anilines is 1. The van der Waals surface area contributed by atoms with Gasteiger partial charge in [-0.05, 0) is 80.9 Å². The minimum Gasteiger partial charge on any atom is -0.482 e. The van der Waals surface area contributed by atoms with Crippen molar-refractivity contribution in [2.45, 2.75) is 31.3 Å². The maximum absolute atomic E-state index is 13.3. The Balaban J connectivity index is 1.66. The molecule has 9 nitrogen and oxygen atoms in total. The summed E-state index contributed by atoms with van der Waals surface area (Å²) in [6, 6.07) is 18.6. The third-order valence-electron chi connectivity index (χ3n) is 4.87. The lowest BCUT2D eigenvalue weighted by molar-refractivity contribution is -0.157. The fraction of sp³-hybridized carbons (Fsp3) is 0.222. The maximum atomic E-state index is 13.3. The van der Waals surface area contributed by atoms with Gasteiger partial charge in [-0.1, -0.05) is 41.4 Å². The Kier molecular flexibility index (Phi) is 9.96. The predicted molar refractivity (Wildman–Crippen MR) is 151 cm³/mol. The van der Waals surface area contributed by atoms with Gasteiger partial charge in [-0.25, -0.2) is 18.6 Å². The van der Waals surface area contributed by atoms with Crippen LogP contribution in [-0.2, 0) is 24.3 Å². The predicted octanol–water partition coefficient (Wildman–Crippen LogP) is 5.06. The number of hydrazone groups is 1. The van der Waals surface area contributed by atoms with Crippen LogP contribution in [0.3, 0.4) is 0 Å². The maximum Gasteiger partial charge on any atom is 0.344 e. The molecule has 3 aromatic carbocycles. The van der Waals surface area contributed by atoms with Crippen LogP contribution in [0.4, 0.5) is 5.69 Å². The van der Waals surface area contributed by atoms with Gasteiger partial charge in [-0.2, -0.15) is 5.10 Å². The van der Waals surface area contributed by atoms with E-state index < -0.39 is 34.0 Å². The van der Waals surface area contributed by atoms with Gasteiger partial charge >= 0.3 is 5.97 Å². The van der Waals surface area contributed by atoms with E-state index in [1.54, 1.807) is 63.2 Å². The second-order valence-electron chi connectivity index (χ2n) is 9.16. The lowest BCUT2D eigenvalue weighted by Crippen LogP contribution is -2.39. The molecule has 0 aliphatic heterocycles. The van der Waals surface area contributed by atoms with Crippen molar-refractivity contribution in [2.75, 3.05) is 17.5 Å². The van der Waals surface area contributed by atoms with Gasteiger partial charge in [0.2, 0.25) is 0 Å². The summed E-state index contributed by atoms with van der Waals surface area (Å²) >= 11 is 12.1. The number of nitrogens with one attached hydrogen (secondary N) is 1. The third kappa shape index (κ3) is 8.98. The zero-order valence-electron chi connectivity index (χ0n) is 21.4. The summed E-state index contributed by atoms with van der Waals surface area (Å²) in [6.45, 7) is 4.51. The summed E-state index contributed by atoms with van der Waals surface area (Å²) in [6.07, 6.45) is 1.38. The molecule has 1 N–H and O–H groups in total. The van der Waals surface area contributed by atoms with Gasteiger partial charge in [0.1, 0.15) is 17.9 Å². The first-order valence-electron chi connectivity index (χ1n) is 11.6. The number of hydrogen-bond donors (Lipinski definition) is 1. The molecule has 1 amide bonds. The van der Waals surface area contributed by atoms with Gasteiger partial charge in [0, 0.05) is 0 Å². The Bertz CT molecular complexity index is 1440. The molecule has 39 heavy (non-hydrogen) atoms. The molecule has 0 heterocycles. The van der Waals surface area contributed by atoms with Gasteiger partial charge in [0.05, 0.1) is 26.8 Å². The Hall–Kier alpha value is -3.60. The molecule has 0 aromatic heterocycles. The zero-order chi connectivity index (χ0) is 28.6. The fourth-order valence-electron chi connectivity index (χ4n) is 3.18. The highest BCUT2D eigenvalue weighted by molar-refractivity contribution is 7.92. The van der Waals surface area contributed by atoms with E-state index in [1.807, 2.05) is 0 Å². The molecule has 0 atom stereocenters. The summed E-state index contributed by atoms with van der Waals surface area (Å²) in [4.78, 5) is 24.5. The van der Waals surface area contributed by atoms with E-state index in [0.717, 1.165) is 4.31 Å². The monoisotopic (exact) mass is 591 g/mol. The molecule has 0 spiro atoms. The molecular formula is C27H27Cl2N3O6S. The molecule has 3 rings (SSSR count). The molecule has 12 heteroatoms.